The molecule has 2 aromatic carbocycles. The monoisotopic (exact) mass is 372 g/mol. The van der Waals surface area contributed by atoms with Crippen molar-refractivity contribution in [2.75, 3.05) is 16.8 Å². The van der Waals surface area contributed by atoms with Crippen LogP contribution in [0.5, 0.6) is 0 Å². The summed E-state index contributed by atoms with van der Waals surface area (Å²) in [6.07, 6.45) is 0. The van der Waals surface area contributed by atoms with Crippen LogP contribution in [0.4, 0.5) is 20.2 Å². The fourth-order valence-electron chi connectivity index (χ4n) is 1.57. The van der Waals surface area contributed by atoms with Crippen LogP contribution in [0.1, 0.15) is 0 Å². The Morgan fingerprint density at radius 2 is 2.00 bits per heavy atom. The van der Waals surface area contributed by atoms with Crippen LogP contribution < -0.4 is 11.1 Å². The first-order valence-corrected chi connectivity index (χ1v) is 7.66. The van der Waals surface area contributed by atoms with Crippen LogP contribution in [0.3, 0.4) is 0 Å². The van der Waals surface area contributed by atoms with Gasteiger partial charge in [-0.1, -0.05) is 15.9 Å². The molecule has 3 N–H and O–H groups in total. The van der Waals surface area contributed by atoms with E-state index in [1.165, 1.54) is 17.8 Å². The first kappa shape index (κ1) is 15.8. The topological polar surface area (TPSA) is 55.1 Å². The van der Waals surface area contributed by atoms with E-state index in [-0.39, 0.29) is 11.4 Å². The van der Waals surface area contributed by atoms with Gasteiger partial charge in [0, 0.05) is 21.1 Å². The summed E-state index contributed by atoms with van der Waals surface area (Å²) in [6.45, 7) is 0. The normalized spacial score (nSPS) is 10.4. The summed E-state index contributed by atoms with van der Waals surface area (Å²) in [5, 5.41) is 2.39. The lowest BCUT2D eigenvalue weighted by Crippen LogP contribution is -2.15. The van der Waals surface area contributed by atoms with E-state index >= 15 is 0 Å². The highest BCUT2D eigenvalue weighted by Crippen LogP contribution is 2.28. The van der Waals surface area contributed by atoms with Crippen molar-refractivity contribution in [2.24, 2.45) is 0 Å². The van der Waals surface area contributed by atoms with Crippen molar-refractivity contribution in [2.45, 2.75) is 4.90 Å². The molecule has 3 nitrogen and oxygen atoms in total. The molecular formula is C14H11BrF2N2OS. The van der Waals surface area contributed by atoms with Crippen LogP contribution >= 0.6 is 27.7 Å². The molecule has 0 saturated heterocycles. The van der Waals surface area contributed by atoms with Gasteiger partial charge in [0.25, 0.3) is 0 Å². The molecule has 2 aromatic rings. The number of thioether (sulfide) groups is 1. The first-order valence-electron chi connectivity index (χ1n) is 5.88. The van der Waals surface area contributed by atoms with Crippen LogP contribution in [-0.4, -0.2) is 11.7 Å². The second kappa shape index (κ2) is 6.91. The van der Waals surface area contributed by atoms with Gasteiger partial charge >= 0.3 is 0 Å². The lowest BCUT2D eigenvalue weighted by Gasteiger charge is -2.08. The minimum Gasteiger partial charge on any atom is -0.398 e. The van der Waals surface area contributed by atoms with E-state index in [9.17, 15) is 13.6 Å². The van der Waals surface area contributed by atoms with Crippen molar-refractivity contribution >= 4 is 45.0 Å². The van der Waals surface area contributed by atoms with E-state index in [1.54, 1.807) is 12.1 Å². The predicted molar refractivity (Wildman–Crippen MR) is 84.3 cm³/mol. The van der Waals surface area contributed by atoms with Gasteiger partial charge in [-0.05, 0) is 30.3 Å². The third kappa shape index (κ3) is 4.44. The van der Waals surface area contributed by atoms with E-state index in [2.05, 4.69) is 21.2 Å². The Bertz CT molecular complexity index is 682. The number of carbonyl (C=O) groups is 1. The van der Waals surface area contributed by atoms with Crippen molar-refractivity contribution in [1.82, 2.24) is 0 Å². The number of nitrogens with one attached hydrogen (secondary N) is 1. The van der Waals surface area contributed by atoms with Crippen molar-refractivity contribution < 1.29 is 13.6 Å². The van der Waals surface area contributed by atoms with Crippen LogP contribution in [0.15, 0.2) is 45.8 Å². The van der Waals surface area contributed by atoms with Gasteiger partial charge in [0.2, 0.25) is 5.91 Å². The first-order chi connectivity index (χ1) is 9.95. The number of hydrogen-bond donors (Lipinski definition) is 2. The number of amides is 1. The second-order valence-corrected chi connectivity index (χ2v) is 6.08. The maximum absolute atomic E-state index is 13.4. The molecular weight excluding hydrogens is 362 g/mol. The molecule has 0 heterocycles. The van der Waals surface area contributed by atoms with E-state index in [0.717, 1.165) is 21.5 Å². The van der Waals surface area contributed by atoms with E-state index in [0.29, 0.717) is 5.69 Å². The second-order valence-electron chi connectivity index (χ2n) is 4.14. The minimum absolute atomic E-state index is 0.0502. The van der Waals surface area contributed by atoms with Gasteiger partial charge in [0.05, 0.1) is 11.4 Å². The van der Waals surface area contributed by atoms with Gasteiger partial charge in [0.15, 0.2) is 0 Å². The Morgan fingerprint density at radius 1 is 1.24 bits per heavy atom. The SMILES string of the molecule is Nc1cc(Br)ccc1SCC(=O)Nc1ccc(F)cc1F. The highest BCUT2D eigenvalue weighted by Gasteiger charge is 2.09. The number of halogens is 3. The van der Waals surface area contributed by atoms with Gasteiger partial charge in [0.1, 0.15) is 11.6 Å². The number of anilines is 2. The lowest BCUT2D eigenvalue weighted by atomic mass is 10.3. The lowest BCUT2D eigenvalue weighted by molar-refractivity contribution is -0.113. The molecule has 0 radical (unpaired) electrons. The van der Waals surface area contributed by atoms with E-state index in [4.69, 9.17) is 5.73 Å². The van der Waals surface area contributed by atoms with Gasteiger partial charge in [-0.25, -0.2) is 8.78 Å². The molecule has 0 unspecified atom stereocenters. The molecule has 0 aliphatic carbocycles. The zero-order chi connectivity index (χ0) is 15.4. The zero-order valence-corrected chi connectivity index (χ0v) is 13.1. The number of carbonyl (C=O) groups excluding carboxylic acids is 1. The molecule has 21 heavy (non-hydrogen) atoms. The Kier molecular flexibility index (Phi) is 5.19. The van der Waals surface area contributed by atoms with Crippen molar-refractivity contribution in [1.29, 1.82) is 0 Å². The molecule has 0 aromatic heterocycles. The molecule has 1 amide bonds. The maximum atomic E-state index is 13.4. The molecule has 0 saturated carbocycles. The molecule has 0 bridgehead atoms. The molecule has 0 aliphatic rings. The summed E-state index contributed by atoms with van der Waals surface area (Å²) < 4.78 is 27.0. The van der Waals surface area contributed by atoms with Crippen molar-refractivity contribution in [3.63, 3.8) is 0 Å². The quantitative estimate of drug-likeness (QED) is 0.628. The summed E-state index contributed by atoms with van der Waals surface area (Å²) in [6, 6.07) is 8.32. The highest BCUT2D eigenvalue weighted by atomic mass is 79.9. The Morgan fingerprint density at radius 3 is 2.67 bits per heavy atom. The highest BCUT2D eigenvalue weighted by molar-refractivity contribution is 9.10. The summed E-state index contributed by atoms with van der Waals surface area (Å²) in [4.78, 5) is 12.5. The summed E-state index contributed by atoms with van der Waals surface area (Å²) in [7, 11) is 0. The van der Waals surface area contributed by atoms with Crippen LogP contribution in [0.2, 0.25) is 0 Å². The van der Waals surface area contributed by atoms with Gasteiger partial charge < -0.3 is 11.1 Å². The molecule has 0 atom stereocenters. The summed E-state index contributed by atoms with van der Waals surface area (Å²) in [5.74, 6) is -1.82. The number of nitrogen functional groups attached to an aromatic ring is 1. The van der Waals surface area contributed by atoms with Crippen LogP contribution in [0.25, 0.3) is 0 Å². The number of benzene rings is 2. The largest absolute Gasteiger partial charge is 0.398 e. The summed E-state index contributed by atoms with van der Waals surface area (Å²) >= 11 is 4.53. The Hall–Kier alpha value is -1.60. The van der Waals surface area contributed by atoms with E-state index < -0.39 is 17.5 Å². The summed E-state index contributed by atoms with van der Waals surface area (Å²) in [5.41, 5.74) is 6.32. The fourth-order valence-corrected chi connectivity index (χ4v) is 2.70. The van der Waals surface area contributed by atoms with E-state index in [1.807, 2.05) is 6.07 Å². The molecule has 110 valence electrons. The van der Waals surface area contributed by atoms with Crippen molar-refractivity contribution in [3.05, 3.63) is 52.5 Å². The third-order valence-electron chi connectivity index (χ3n) is 2.54. The maximum Gasteiger partial charge on any atom is 0.234 e. The zero-order valence-electron chi connectivity index (χ0n) is 10.7. The molecule has 2 rings (SSSR count). The smallest absolute Gasteiger partial charge is 0.234 e. The fraction of sp³-hybridized carbons (Fsp3) is 0.0714. The molecule has 0 aliphatic heterocycles. The van der Waals surface area contributed by atoms with Gasteiger partial charge in [-0.3, -0.25) is 4.79 Å². The van der Waals surface area contributed by atoms with Crippen LogP contribution in [0, 0.1) is 11.6 Å². The van der Waals surface area contributed by atoms with Crippen LogP contribution in [-0.2, 0) is 4.79 Å². The average Bonchev–Trinajstić information content (AvgIpc) is 2.41. The molecule has 0 spiro atoms. The Labute approximate surface area is 133 Å². The predicted octanol–water partition coefficient (Wildman–Crippen LogP) is 4.04. The average molecular weight is 373 g/mol. The Balaban J connectivity index is 1.96. The van der Waals surface area contributed by atoms with Gasteiger partial charge in [-0.15, -0.1) is 11.8 Å². The number of rotatable bonds is 4. The minimum atomic E-state index is -0.809. The number of hydrogen-bond acceptors (Lipinski definition) is 3. The third-order valence-corrected chi connectivity index (χ3v) is 4.12. The molecule has 0 fully saturated rings. The molecule has 7 heteroatoms. The van der Waals surface area contributed by atoms with Gasteiger partial charge in [-0.2, -0.15) is 0 Å². The van der Waals surface area contributed by atoms with Crippen molar-refractivity contribution in [3.8, 4) is 0 Å². The number of nitrogens with two attached hydrogens (primary N) is 1. The standard InChI is InChI=1S/C14H11BrF2N2OS/c15-8-1-4-13(11(18)5-8)21-7-14(20)19-12-3-2-9(16)6-10(12)17/h1-6H,7,18H2,(H,19,20).